The Kier molecular flexibility index (Phi) is 7.75. The van der Waals surface area contributed by atoms with Gasteiger partial charge in [0.25, 0.3) is 0 Å². The van der Waals surface area contributed by atoms with E-state index in [0.717, 1.165) is 61.3 Å². The van der Waals surface area contributed by atoms with E-state index >= 15 is 0 Å². The maximum Gasteiger partial charge on any atom is 0.143 e. The van der Waals surface area contributed by atoms with Crippen LogP contribution in [-0.4, -0.2) is 0 Å². The topological polar surface area (TPSA) is 16.4 Å². The van der Waals surface area contributed by atoms with Crippen LogP contribution in [0.3, 0.4) is 0 Å². The molecule has 0 fully saturated rings. The van der Waals surface area contributed by atoms with Crippen LogP contribution in [-0.2, 0) is 0 Å². The number of furan rings is 1. The van der Waals surface area contributed by atoms with Crippen LogP contribution < -0.4 is 4.90 Å². The third kappa shape index (κ3) is 5.70. The molecule has 0 bridgehead atoms. The van der Waals surface area contributed by atoms with Gasteiger partial charge in [-0.2, -0.15) is 0 Å². The summed E-state index contributed by atoms with van der Waals surface area (Å²) in [6.07, 6.45) is 0. The summed E-state index contributed by atoms with van der Waals surface area (Å²) in [7, 11) is 0. The van der Waals surface area contributed by atoms with Crippen LogP contribution in [0.25, 0.3) is 97.0 Å². The molecule has 0 radical (unpaired) electrons. The zero-order valence-corrected chi connectivity index (χ0v) is 32.8. The smallest absolute Gasteiger partial charge is 0.143 e. The second kappa shape index (κ2) is 13.6. The lowest BCUT2D eigenvalue weighted by Gasteiger charge is -2.26. The number of hydrogen-bond acceptors (Lipinski definition) is 3. The summed E-state index contributed by atoms with van der Waals surface area (Å²) in [4.78, 5) is 2.38. The van der Waals surface area contributed by atoms with Gasteiger partial charge in [-0.25, -0.2) is 0 Å². The Hall–Kier alpha value is -7.46. The second-order valence-corrected chi connectivity index (χ2v) is 16.4. The van der Waals surface area contributed by atoms with Crippen molar-refractivity contribution in [2.75, 3.05) is 4.90 Å². The minimum absolute atomic E-state index is 0.895. The van der Waals surface area contributed by atoms with E-state index in [9.17, 15) is 0 Å². The number of fused-ring (bicyclic) bond motifs is 9. The predicted molar refractivity (Wildman–Crippen MR) is 253 cm³/mol. The Morgan fingerprint density at radius 3 is 1.68 bits per heavy atom. The average molecular weight is 770 g/mol. The van der Waals surface area contributed by atoms with E-state index in [2.05, 4.69) is 211 Å². The van der Waals surface area contributed by atoms with E-state index in [1.165, 1.54) is 52.8 Å². The van der Waals surface area contributed by atoms with E-state index in [-0.39, 0.29) is 0 Å². The molecule has 0 saturated carbocycles. The third-order valence-corrected chi connectivity index (χ3v) is 13.0. The number of thiophene rings is 1. The molecule has 276 valence electrons. The molecule has 59 heavy (non-hydrogen) atoms. The fourth-order valence-corrected chi connectivity index (χ4v) is 10.00. The van der Waals surface area contributed by atoms with Gasteiger partial charge in [-0.15, -0.1) is 11.3 Å². The highest BCUT2D eigenvalue weighted by Crippen LogP contribution is 2.43. The molecule has 2 nitrogen and oxygen atoms in total. The fraction of sp³-hybridized carbons (Fsp3) is 0. The summed E-state index contributed by atoms with van der Waals surface area (Å²) in [6.45, 7) is 0. The SMILES string of the molecule is c1ccc(-c2cccc3c2oc2ccc(-c4ccc(N(c5ccc(-c6ccc7ccc8ccccc8c7c6)cc5)c5ccc6sc7ccccc7c6c5)cc4)cc23)cc1. The molecule has 0 saturated heterocycles. The van der Waals surface area contributed by atoms with Crippen molar-refractivity contribution < 1.29 is 4.42 Å². The van der Waals surface area contributed by atoms with Gasteiger partial charge in [0.05, 0.1) is 0 Å². The maximum atomic E-state index is 6.50. The number of benzene rings is 10. The monoisotopic (exact) mass is 769 g/mol. The number of rotatable bonds is 6. The molecule has 2 aromatic heterocycles. The minimum Gasteiger partial charge on any atom is -0.455 e. The molecule has 12 rings (SSSR count). The van der Waals surface area contributed by atoms with Gasteiger partial charge in [-0.05, 0) is 116 Å². The Bertz CT molecular complexity index is 3540. The number of anilines is 3. The lowest BCUT2D eigenvalue weighted by atomic mass is 9.97. The zero-order chi connectivity index (χ0) is 38.9. The van der Waals surface area contributed by atoms with Crippen molar-refractivity contribution in [3.8, 4) is 33.4 Å². The number of nitrogens with zero attached hydrogens (tertiary/aromatic N) is 1. The van der Waals surface area contributed by atoms with Crippen LogP contribution >= 0.6 is 11.3 Å². The van der Waals surface area contributed by atoms with Gasteiger partial charge in [0.1, 0.15) is 11.2 Å². The molecule has 0 aliphatic rings. The first-order chi connectivity index (χ1) is 29.2. The molecule has 0 N–H and O–H groups in total. The maximum absolute atomic E-state index is 6.50. The van der Waals surface area contributed by atoms with Crippen LogP contribution in [0.5, 0.6) is 0 Å². The molecular weight excluding hydrogens is 735 g/mol. The summed E-state index contributed by atoms with van der Waals surface area (Å²) in [6, 6.07) is 77.0. The van der Waals surface area contributed by atoms with Crippen LogP contribution in [0.2, 0.25) is 0 Å². The summed E-state index contributed by atoms with van der Waals surface area (Å²) < 4.78 is 9.10. The van der Waals surface area contributed by atoms with Crippen LogP contribution in [0, 0.1) is 0 Å². The normalized spacial score (nSPS) is 11.7. The van der Waals surface area contributed by atoms with Crippen molar-refractivity contribution in [1.82, 2.24) is 0 Å². The van der Waals surface area contributed by atoms with Crippen LogP contribution in [0.15, 0.2) is 217 Å². The van der Waals surface area contributed by atoms with Gasteiger partial charge in [0.15, 0.2) is 0 Å². The lowest BCUT2D eigenvalue weighted by Crippen LogP contribution is -2.09. The molecule has 0 unspecified atom stereocenters. The Labute approximate surface area is 345 Å². The molecule has 3 heteroatoms. The quantitative estimate of drug-likeness (QED) is 0.157. The molecule has 0 aliphatic heterocycles. The zero-order valence-electron chi connectivity index (χ0n) is 32.0. The molecule has 0 aliphatic carbocycles. The van der Waals surface area contributed by atoms with Crippen LogP contribution in [0.4, 0.5) is 17.1 Å². The van der Waals surface area contributed by atoms with Gasteiger partial charge in [-0.3, -0.25) is 0 Å². The number of para-hydroxylation sites is 1. The van der Waals surface area contributed by atoms with Crippen molar-refractivity contribution in [1.29, 1.82) is 0 Å². The molecule has 0 amide bonds. The molecule has 0 atom stereocenters. The first-order valence-electron chi connectivity index (χ1n) is 20.1. The van der Waals surface area contributed by atoms with Gasteiger partial charge in [-0.1, -0.05) is 146 Å². The summed E-state index contributed by atoms with van der Waals surface area (Å²) in [5.41, 5.74) is 12.1. The van der Waals surface area contributed by atoms with Gasteiger partial charge in [0, 0.05) is 53.6 Å². The summed E-state index contributed by atoms with van der Waals surface area (Å²) >= 11 is 1.85. The van der Waals surface area contributed by atoms with Gasteiger partial charge < -0.3 is 9.32 Å². The van der Waals surface area contributed by atoms with Gasteiger partial charge >= 0.3 is 0 Å². The Morgan fingerprint density at radius 2 is 0.898 bits per heavy atom. The van der Waals surface area contributed by atoms with E-state index in [1.807, 2.05) is 17.4 Å². The van der Waals surface area contributed by atoms with Gasteiger partial charge in [0.2, 0.25) is 0 Å². The van der Waals surface area contributed by atoms with E-state index < -0.39 is 0 Å². The third-order valence-electron chi connectivity index (χ3n) is 11.9. The largest absolute Gasteiger partial charge is 0.455 e. The Balaban J connectivity index is 0.942. The minimum atomic E-state index is 0.895. The highest BCUT2D eigenvalue weighted by molar-refractivity contribution is 7.25. The van der Waals surface area contributed by atoms with Crippen molar-refractivity contribution in [3.63, 3.8) is 0 Å². The highest BCUT2D eigenvalue weighted by atomic mass is 32.1. The van der Waals surface area contributed by atoms with Crippen LogP contribution in [0.1, 0.15) is 0 Å². The van der Waals surface area contributed by atoms with Crippen molar-refractivity contribution in [2.24, 2.45) is 0 Å². The van der Waals surface area contributed by atoms with E-state index in [4.69, 9.17) is 4.42 Å². The Morgan fingerprint density at radius 1 is 0.322 bits per heavy atom. The van der Waals surface area contributed by atoms with Crippen molar-refractivity contribution in [2.45, 2.75) is 0 Å². The molecule has 10 aromatic carbocycles. The van der Waals surface area contributed by atoms with Crippen molar-refractivity contribution in [3.05, 3.63) is 212 Å². The lowest BCUT2D eigenvalue weighted by molar-refractivity contribution is 0.670. The summed E-state index contributed by atoms with van der Waals surface area (Å²) in [5.74, 6) is 0. The average Bonchev–Trinajstić information content (AvgIpc) is 3.88. The standard InChI is InChI=1S/C56H35NOS/c1-2-9-38(10-3-1)47-14-8-15-49-51-34-42(25-31-53(51)58-56(47)49)37-23-28-44(29-24-37)57(45-30-32-55-52(35-45)48-13-6-7-16-54(48)59-55)43-26-21-36(22-27-43)41-20-19-40-18-17-39-11-4-5-12-46(39)50(40)33-41/h1-35H. The second-order valence-electron chi connectivity index (χ2n) is 15.3. The molecule has 0 spiro atoms. The molecule has 12 aromatic rings. The predicted octanol–water partition coefficient (Wildman–Crippen LogP) is 16.7. The number of hydrogen-bond donors (Lipinski definition) is 0. The highest BCUT2D eigenvalue weighted by Gasteiger charge is 2.17. The fourth-order valence-electron chi connectivity index (χ4n) is 8.91. The first-order valence-corrected chi connectivity index (χ1v) is 20.9. The first kappa shape index (κ1) is 33.7. The van der Waals surface area contributed by atoms with E-state index in [1.54, 1.807) is 0 Å². The molecule has 2 heterocycles. The summed E-state index contributed by atoms with van der Waals surface area (Å²) in [5, 5.41) is 9.90. The molecular formula is C56H35NOS. The van der Waals surface area contributed by atoms with Crippen molar-refractivity contribution >= 4 is 92.1 Å². The van der Waals surface area contributed by atoms with E-state index in [0.29, 0.717) is 0 Å².